The Hall–Kier alpha value is -2.77. The maximum absolute atomic E-state index is 12.2. The van der Waals surface area contributed by atoms with Crippen molar-refractivity contribution < 1.29 is 9.72 Å². The molecule has 1 aromatic carbocycles. The summed E-state index contributed by atoms with van der Waals surface area (Å²) >= 11 is 0. The van der Waals surface area contributed by atoms with Gasteiger partial charge < -0.3 is 9.88 Å². The van der Waals surface area contributed by atoms with Gasteiger partial charge in [-0.1, -0.05) is 12.5 Å². The van der Waals surface area contributed by atoms with Crippen LogP contribution in [0.4, 0.5) is 5.69 Å². The Morgan fingerprint density at radius 2 is 2.16 bits per heavy atom. The lowest BCUT2D eigenvalue weighted by molar-refractivity contribution is -0.385. The Bertz CT molecular complexity index is 800. The SMILES string of the molecule is Cc1ccc(C(=O)NCCc2nnc3n2CCCCC3)cc1[N+](=O)[O-]. The second-order valence-electron chi connectivity index (χ2n) is 6.26. The minimum Gasteiger partial charge on any atom is -0.352 e. The third-order valence-electron chi connectivity index (χ3n) is 4.49. The molecular weight excluding hydrogens is 322 g/mol. The molecule has 0 unspecified atom stereocenters. The third kappa shape index (κ3) is 3.84. The Balaban J connectivity index is 1.61. The molecule has 132 valence electrons. The van der Waals surface area contributed by atoms with Crippen LogP contribution in [0.25, 0.3) is 0 Å². The maximum atomic E-state index is 12.2. The van der Waals surface area contributed by atoms with Crippen LogP contribution < -0.4 is 5.32 Å². The molecule has 1 aliphatic rings. The molecule has 0 radical (unpaired) electrons. The van der Waals surface area contributed by atoms with Crippen molar-refractivity contribution in [2.75, 3.05) is 6.54 Å². The van der Waals surface area contributed by atoms with Crippen LogP contribution in [0.5, 0.6) is 0 Å². The van der Waals surface area contributed by atoms with Gasteiger partial charge in [-0.05, 0) is 25.8 Å². The average Bonchev–Trinajstić information content (AvgIpc) is 2.82. The fourth-order valence-corrected chi connectivity index (χ4v) is 3.07. The van der Waals surface area contributed by atoms with E-state index in [0.29, 0.717) is 18.5 Å². The first kappa shape index (κ1) is 17.1. The van der Waals surface area contributed by atoms with Gasteiger partial charge in [-0.2, -0.15) is 0 Å². The predicted octanol–water partition coefficient (Wildman–Crippen LogP) is 2.19. The number of benzene rings is 1. The van der Waals surface area contributed by atoms with E-state index in [4.69, 9.17) is 0 Å². The number of nitrogens with one attached hydrogen (secondary N) is 1. The molecule has 1 N–H and O–H groups in total. The molecular formula is C17H21N5O3. The summed E-state index contributed by atoms with van der Waals surface area (Å²) in [7, 11) is 0. The van der Waals surface area contributed by atoms with E-state index in [0.717, 1.165) is 37.5 Å². The van der Waals surface area contributed by atoms with E-state index in [-0.39, 0.29) is 17.2 Å². The minimum atomic E-state index is -0.475. The van der Waals surface area contributed by atoms with Gasteiger partial charge in [0.2, 0.25) is 0 Å². The molecule has 0 spiro atoms. The van der Waals surface area contributed by atoms with Crippen molar-refractivity contribution in [3.63, 3.8) is 0 Å². The van der Waals surface area contributed by atoms with E-state index in [1.165, 1.54) is 12.5 Å². The molecule has 1 aromatic heterocycles. The van der Waals surface area contributed by atoms with Gasteiger partial charge in [-0.15, -0.1) is 10.2 Å². The van der Waals surface area contributed by atoms with E-state index in [2.05, 4.69) is 20.1 Å². The summed E-state index contributed by atoms with van der Waals surface area (Å²) in [5, 5.41) is 22.3. The molecule has 0 saturated heterocycles. The number of fused-ring (bicyclic) bond motifs is 1. The summed E-state index contributed by atoms with van der Waals surface area (Å²) < 4.78 is 2.15. The lowest BCUT2D eigenvalue weighted by Gasteiger charge is -2.08. The molecule has 0 fully saturated rings. The van der Waals surface area contributed by atoms with Crippen molar-refractivity contribution in [3.8, 4) is 0 Å². The maximum Gasteiger partial charge on any atom is 0.273 e. The first-order valence-electron chi connectivity index (χ1n) is 8.50. The van der Waals surface area contributed by atoms with Gasteiger partial charge in [-0.25, -0.2) is 0 Å². The summed E-state index contributed by atoms with van der Waals surface area (Å²) in [4.78, 5) is 22.7. The molecule has 8 heteroatoms. The largest absolute Gasteiger partial charge is 0.352 e. The third-order valence-corrected chi connectivity index (χ3v) is 4.49. The lowest BCUT2D eigenvalue weighted by Crippen LogP contribution is -2.26. The van der Waals surface area contributed by atoms with Gasteiger partial charge in [0.15, 0.2) is 0 Å². The molecule has 3 rings (SSSR count). The van der Waals surface area contributed by atoms with Gasteiger partial charge in [0.1, 0.15) is 11.6 Å². The van der Waals surface area contributed by atoms with E-state index < -0.39 is 4.92 Å². The van der Waals surface area contributed by atoms with E-state index in [1.54, 1.807) is 19.1 Å². The molecule has 0 saturated carbocycles. The van der Waals surface area contributed by atoms with Gasteiger partial charge in [-0.3, -0.25) is 14.9 Å². The monoisotopic (exact) mass is 343 g/mol. The molecule has 2 heterocycles. The Labute approximate surface area is 145 Å². The number of aromatic nitrogens is 3. The second-order valence-corrected chi connectivity index (χ2v) is 6.26. The molecule has 25 heavy (non-hydrogen) atoms. The van der Waals surface area contributed by atoms with Crippen LogP contribution in [0.3, 0.4) is 0 Å². The number of nitro benzene ring substituents is 1. The highest BCUT2D eigenvalue weighted by Gasteiger charge is 2.16. The molecule has 0 bridgehead atoms. The van der Waals surface area contributed by atoms with Gasteiger partial charge in [0.05, 0.1) is 4.92 Å². The van der Waals surface area contributed by atoms with Crippen LogP contribution in [0.2, 0.25) is 0 Å². The smallest absolute Gasteiger partial charge is 0.273 e. The standard InChI is InChI=1S/C17H21N5O3/c1-12-6-7-13(11-14(12)22(24)25)17(23)18-9-8-16-20-19-15-5-3-2-4-10-21(15)16/h6-7,11H,2-5,8-10H2,1H3,(H,18,23). The Morgan fingerprint density at radius 1 is 1.32 bits per heavy atom. The first-order chi connectivity index (χ1) is 12.1. The summed E-state index contributed by atoms with van der Waals surface area (Å²) in [5.41, 5.74) is 0.778. The minimum absolute atomic E-state index is 0.0459. The number of hydrogen-bond donors (Lipinski definition) is 1. The number of rotatable bonds is 5. The van der Waals surface area contributed by atoms with E-state index in [9.17, 15) is 14.9 Å². The predicted molar refractivity (Wildman–Crippen MR) is 91.4 cm³/mol. The fourth-order valence-electron chi connectivity index (χ4n) is 3.07. The highest BCUT2D eigenvalue weighted by atomic mass is 16.6. The molecule has 2 aromatic rings. The van der Waals surface area contributed by atoms with Crippen molar-refractivity contribution in [3.05, 3.63) is 51.1 Å². The van der Waals surface area contributed by atoms with Gasteiger partial charge in [0, 0.05) is 43.1 Å². The normalized spacial score (nSPS) is 13.8. The summed E-state index contributed by atoms with van der Waals surface area (Å²) in [5.74, 6) is 1.58. The van der Waals surface area contributed by atoms with E-state index >= 15 is 0 Å². The number of nitrogens with zero attached hydrogens (tertiary/aromatic N) is 4. The quantitative estimate of drug-likeness (QED) is 0.662. The van der Waals surface area contributed by atoms with E-state index in [1.807, 2.05) is 0 Å². The second kappa shape index (κ2) is 7.42. The van der Waals surface area contributed by atoms with Crippen LogP contribution >= 0.6 is 0 Å². The summed E-state index contributed by atoms with van der Waals surface area (Å²) in [6.07, 6.45) is 5.00. The Morgan fingerprint density at radius 3 is 2.96 bits per heavy atom. The molecule has 1 amide bonds. The summed E-state index contributed by atoms with van der Waals surface area (Å²) in [6.45, 7) is 2.99. The topological polar surface area (TPSA) is 103 Å². The number of carbonyl (C=O) groups excluding carboxylic acids is 1. The zero-order valence-electron chi connectivity index (χ0n) is 14.2. The number of nitro groups is 1. The van der Waals surface area contributed by atoms with Crippen LogP contribution in [0.15, 0.2) is 18.2 Å². The van der Waals surface area contributed by atoms with Crippen molar-refractivity contribution >= 4 is 11.6 Å². The van der Waals surface area contributed by atoms with Crippen LogP contribution in [-0.4, -0.2) is 32.1 Å². The molecule has 0 atom stereocenters. The molecule has 0 aliphatic carbocycles. The number of amides is 1. The van der Waals surface area contributed by atoms with Gasteiger partial charge in [0.25, 0.3) is 11.6 Å². The van der Waals surface area contributed by atoms with Crippen molar-refractivity contribution in [2.45, 2.75) is 45.6 Å². The summed E-state index contributed by atoms with van der Waals surface area (Å²) in [6, 6.07) is 4.50. The van der Waals surface area contributed by atoms with Gasteiger partial charge >= 0.3 is 0 Å². The zero-order valence-corrected chi connectivity index (χ0v) is 14.2. The van der Waals surface area contributed by atoms with Crippen LogP contribution in [0.1, 0.15) is 46.8 Å². The van der Waals surface area contributed by atoms with Crippen molar-refractivity contribution in [2.24, 2.45) is 0 Å². The highest BCUT2D eigenvalue weighted by Crippen LogP contribution is 2.19. The molecule has 1 aliphatic heterocycles. The lowest BCUT2D eigenvalue weighted by atomic mass is 10.1. The van der Waals surface area contributed by atoms with Crippen LogP contribution in [0, 0.1) is 17.0 Å². The fraction of sp³-hybridized carbons (Fsp3) is 0.471. The molecule has 8 nitrogen and oxygen atoms in total. The van der Waals surface area contributed by atoms with Crippen LogP contribution in [-0.2, 0) is 19.4 Å². The number of hydrogen-bond acceptors (Lipinski definition) is 5. The zero-order chi connectivity index (χ0) is 17.8. The number of carbonyl (C=O) groups is 1. The highest BCUT2D eigenvalue weighted by molar-refractivity contribution is 5.94. The van der Waals surface area contributed by atoms with Crippen molar-refractivity contribution in [1.29, 1.82) is 0 Å². The first-order valence-corrected chi connectivity index (χ1v) is 8.50. The van der Waals surface area contributed by atoms with Crippen molar-refractivity contribution in [1.82, 2.24) is 20.1 Å². The number of aryl methyl sites for hydroxylation is 2. The Kier molecular flexibility index (Phi) is 5.06. The average molecular weight is 343 g/mol.